The summed E-state index contributed by atoms with van der Waals surface area (Å²) >= 11 is 0. The fourth-order valence-corrected chi connectivity index (χ4v) is 4.26. The fourth-order valence-electron chi connectivity index (χ4n) is 4.26. The summed E-state index contributed by atoms with van der Waals surface area (Å²) < 4.78 is 44.3. The molecule has 188 valence electrons. The molecule has 2 fully saturated rings. The molecule has 12 heteroatoms. The van der Waals surface area contributed by atoms with E-state index in [-0.39, 0.29) is 36.0 Å². The number of carbonyl (C=O) groups excluding carboxylic acids is 3. The number of hydrogen-bond acceptors (Lipinski definition) is 5. The smallest absolute Gasteiger partial charge is 0.425 e. The van der Waals surface area contributed by atoms with Crippen LogP contribution in [0.25, 0.3) is 0 Å². The van der Waals surface area contributed by atoms with E-state index < -0.39 is 23.9 Å². The van der Waals surface area contributed by atoms with Crippen LogP contribution in [-0.2, 0) is 22.6 Å². The summed E-state index contributed by atoms with van der Waals surface area (Å²) in [4.78, 5) is 45.0. The van der Waals surface area contributed by atoms with Crippen LogP contribution >= 0.6 is 0 Å². The molecule has 1 N–H and O–H groups in total. The van der Waals surface area contributed by atoms with Gasteiger partial charge in [-0.3, -0.25) is 9.59 Å². The minimum absolute atomic E-state index is 0.134. The molecule has 1 aromatic heterocycles. The zero-order valence-corrected chi connectivity index (χ0v) is 19.6. The van der Waals surface area contributed by atoms with E-state index in [4.69, 9.17) is 0 Å². The largest absolute Gasteiger partial charge is 0.437 e. The lowest BCUT2D eigenvalue weighted by Gasteiger charge is -2.39. The highest BCUT2D eigenvalue weighted by Gasteiger charge is 2.47. The molecule has 1 atom stereocenters. The average molecular weight is 486 g/mol. The quantitative estimate of drug-likeness (QED) is 0.708. The van der Waals surface area contributed by atoms with E-state index in [9.17, 15) is 27.6 Å². The number of amides is 3. The Balaban J connectivity index is 1.31. The van der Waals surface area contributed by atoms with Gasteiger partial charge in [0, 0.05) is 43.3 Å². The third-order valence-electron chi connectivity index (χ3n) is 7.12. The molecule has 1 aromatic rings. The highest BCUT2D eigenvalue weighted by molar-refractivity contribution is 5.92. The van der Waals surface area contributed by atoms with Crippen LogP contribution in [0.15, 0.2) is 6.20 Å². The summed E-state index contributed by atoms with van der Waals surface area (Å²) in [6.07, 6.45) is -3.60. The van der Waals surface area contributed by atoms with Gasteiger partial charge in [-0.2, -0.15) is 13.2 Å². The maximum Gasteiger partial charge on any atom is 0.425 e. The van der Waals surface area contributed by atoms with Crippen LogP contribution in [0.5, 0.6) is 0 Å². The molecule has 2 aliphatic heterocycles. The number of carbonyl (C=O) groups is 3. The van der Waals surface area contributed by atoms with Crippen LogP contribution < -0.4 is 5.32 Å². The van der Waals surface area contributed by atoms with Gasteiger partial charge in [0.1, 0.15) is 11.5 Å². The Bertz CT molecular complexity index is 980. The molecule has 0 bridgehead atoms. The Labute approximate surface area is 195 Å². The number of aromatic nitrogens is 2. The predicted octanol–water partition coefficient (Wildman–Crippen LogP) is 2.70. The first-order valence-electron chi connectivity index (χ1n) is 11.5. The maximum absolute atomic E-state index is 12.9. The summed E-state index contributed by atoms with van der Waals surface area (Å²) in [5, 5.41) is 2.96. The van der Waals surface area contributed by atoms with Crippen molar-refractivity contribution in [3.63, 3.8) is 0 Å². The highest BCUT2D eigenvalue weighted by atomic mass is 19.4. The molecule has 0 aromatic carbocycles. The van der Waals surface area contributed by atoms with E-state index in [1.54, 1.807) is 11.1 Å². The van der Waals surface area contributed by atoms with Gasteiger partial charge in [0.2, 0.25) is 5.91 Å². The standard InChI is InChI=1S/C22H30F3N5O4/c1-14(22(23,24)25)34-19(33)28-8-6-21(3,7-9-28)27-17(31)15-12-29-10-11-30(13-16(29)26-15)18(32)20(2)4-5-20/h12,14H,4-11,13H2,1-3H3,(H,27,31). The minimum Gasteiger partial charge on any atom is -0.437 e. The molecular formula is C22H30F3N5O4. The molecule has 1 saturated heterocycles. The summed E-state index contributed by atoms with van der Waals surface area (Å²) in [5.41, 5.74) is -0.643. The van der Waals surface area contributed by atoms with E-state index in [0.717, 1.165) is 19.8 Å². The molecule has 0 spiro atoms. The number of rotatable bonds is 4. The second-order valence-electron chi connectivity index (χ2n) is 10.1. The Kier molecular flexibility index (Phi) is 6.05. The van der Waals surface area contributed by atoms with Gasteiger partial charge in [-0.1, -0.05) is 6.92 Å². The Morgan fingerprint density at radius 3 is 2.29 bits per heavy atom. The van der Waals surface area contributed by atoms with E-state index in [2.05, 4.69) is 15.0 Å². The second kappa shape index (κ2) is 8.46. The van der Waals surface area contributed by atoms with Gasteiger partial charge >= 0.3 is 12.3 Å². The molecule has 3 amide bonds. The zero-order chi connectivity index (χ0) is 24.9. The predicted molar refractivity (Wildman–Crippen MR) is 114 cm³/mol. The summed E-state index contributed by atoms with van der Waals surface area (Å²) in [5.74, 6) is 0.434. The molecule has 4 rings (SSSR count). The number of fused-ring (bicyclic) bond motifs is 1. The van der Waals surface area contributed by atoms with Crippen LogP contribution in [0.1, 0.15) is 62.8 Å². The van der Waals surface area contributed by atoms with E-state index in [1.807, 2.05) is 18.4 Å². The maximum atomic E-state index is 12.9. The van der Waals surface area contributed by atoms with Crippen LogP contribution in [0.2, 0.25) is 0 Å². The van der Waals surface area contributed by atoms with Crippen molar-refractivity contribution in [2.45, 2.75) is 77.4 Å². The number of imidazole rings is 1. The number of nitrogens with zero attached hydrogens (tertiary/aromatic N) is 4. The molecule has 3 heterocycles. The molecule has 1 unspecified atom stereocenters. The van der Waals surface area contributed by atoms with Crippen molar-refractivity contribution in [3.8, 4) is 0 Å². The van der Waals surface area contributed by atoms with Crippen LogP contribution in [-0.4, -0.2) is 74.7 Å². The molecule has 9 nitrogen and oxygen atoms in total. The topological polar surface area (TPSA) is 96.8 Å². The van der Waals surface area contributed by atoms with Gasteiger partial charge < -0.3 is 24.4 Å². The molecule has 3 aliphatic rings. The molecule has 34 heavy (non-hydrogen) atoms. The molecular weight excluding hydrogens is 455 g/mol. The van der Waals surface area contributed by atoms with E-state index in [0.29, 0.717) is 38.3 Å². The monoisotopic (exact) mass is 485 g/mol. The SMILES string of the molecule is CC(OC(=O)N1CCC(C)(NC(=O)c2cn3c(n2)CN(C(=O)C2(C)CC2)CC3)CC1)C(F)(F)F. The summed E-state index contributed by atoms with van der Waals surface area (Å²) in [6.45, 7) is 6.43. The lowest BCUT2D eigenvalue weighted by atomic mass is 9.89. The van der Waals surface area contributed by atoms with Crippen molar-refractivity contribution in [1.29, 1.82) is 0 Å². The average Bonchev–Trinajstić information content (AvgIpc) is 3.36. The van der Waals surface area contributed by atoms with Gasteiger partial charge in [-0.05, 0) is 39.5 Å². The van der Waals surface area contributed by atoms with Gasteiger partial charge in [0.25, 0.3) is 5.91 Å². The number of halogens is 3. The lowest BCUT2D eigenvalue weighted by molar-refractivity contribution is -0.200. The highest BCUT2D eigenvalue weighted by Crippen LogP contribution is 2.46. The Morgan fingerprint density at radius 2 is 1.71 bits per heavy atom. The van der Waals surface area contributed by atoms with Crippen molar-refractivity contribution in [1.82, 2.24) is 24.7 Å². The zero-order valence-electron chi connectivity index (χ0n) is 19.6. The van der Waals surface area contributed by atoms with E-state index >= 15 is 0 Å². The summed E-state index contributed by atoms with van der Waals surface area (Å²) in [7, 11) is 0. The van der Waals surface area contributed by atoms with Crippen LogP contribution in [0.4, 0.5) is 18.0 Å². The third kappa shape index (κ3) is 5.00. The molecule has 1 saturated carbocycles. The number of ether oxygens (including phenoxy) is 1. The van der Waals surface area contributed by atoms with Crippen LogP contribution in [0.3, 0.4) is 0 Å². The Hall–Kier alpha value is -2.79. The van der Waals surface area contributed by atoms with Gasteiger partial charge in [0.15, 0.2) is 6.10 Å². The van der Waals surface area contributed by atoms with Crippen molar-refractivity contribution in [2.75, 3.05) is 19.6 Å². The summed E-state index contributed by atoms with van der Waals surface area (Å²) in [6, 6.07) is 0. The van der Waals surface area contributed by atoms with Gasteiger partial charge in [0.05, 0.1) is 6.54 Å². The van der Waals surface area contributed by atoms with Crippen molar-refractivity contribution in [2.24, 2.45) is 5.41 Å². The third-order valence-corrected chi connectivity index (χ3v) is 7.12. The normalized spacial score (nSPS) is 21.9. The van der Waals surface area contributed by atoms with Gasteiger partial charge in [-0.15, -0.1) is 0 Å². The Morgan fingerprint density at radius 1 is 1.06 bits per heavy atom. The number of alkyl halides is 3. The first-order valence-corrected chi connectivity index (χ1v) is 11.5. The number of hydrogen-bond donors (Lipinski definition) is 1. The molecule has 0 radical (unpaired) electrons. The van der Waals surface area contributed by atoms with E-state index in [1.165, 1.54) is 4.90 Å². The first kappa shape index (κ1) is 24.3. The lowest BCUT2D eigenvalue weighted by Crippen LogP contribution is -2.54. The van der Waals surface area contributed by atoms with Gasteiger partial charge in [-0.25, -0.2) is 9.78 Å². The first-order chi connectivity index (χ1) is 15.8. The van der Waals surface area contributed by atoms with Crippen molar-refractivity contribution in [3.05, 3.63) is 17.7 Å². The van der Waals surface area contributed by atoms with Crippen LogP contribution in [0, 0.1) is 5.41 Å². The van der Waals surface area contributed by atoms with Crippen molar-refractivity contribution >= 4 is 17.9 Å². The molecule has 1 aliphatic carbocycles. The second-order valence-corrected chi connectivity index (χ2v) is 10.1. The fraction of sp³-hybridized carbons (Fsp3) is 0.727. The van der Waals surface area contributed by atoms with Crippen molar-refractivity contribution < 1.29 is 32.3 Å². The minimum atomic E-state index is -4.61. The number of likely N-dealkylation sites (tertiary alicyclic amines) is 1. The number of nitrogens with one attached hydrogen (secondary N) is 1. The number of piperidine rings is 1.